The topological polar surface area (TPSA) is 112 Å². The number of aromatic nitrogens is 1. The Hall–Kier alpha value is -3.86. The third kappa shape index (κ3) is 4.20. The maximum absolute atomic E-state index is 14.5. The standard InChI is InChI=1S/C31H34N4O6/c1-40-27-13-18-8-9-32(15-20(18)14-28(27)41-2)31(37)24-12-19-11-23(35(38)39)6-7-26(19)34-16-21-10-22(30(24)34)17-33-25(21)4-3-5-29(33)36/h3-7,11,13-14,21-22,24,30,35,38H,8-10,12,15-17H2,1-2H3. The number of rotatable bonds is 4. The summed E-state index contributed by atoms with van der Waals surface area (Å²) in [5.41, 5.74) is 5.38. The van der Waals surface area contributed by atoms with E-state index in [1.165, 1.54) is 0 Å². The van der Waals surface area contributed by atoms with Gasteiger partial charge in [0.2, 0.25) is 5.91 Å². The van der Waals surface area contributed by atoms with Gasteiger partial charge in [-0.15, -0.1) is 0 Å². The van der Waals surface area contributed by atoms with Crippen molar-refractivity contribution < 1.29 is 24.7 Å². The van der Waals surface area contributed by atoms with Gasteiger partial charge in [0.25, 0.3) is 5.56 Å². The van der Waals surface area contributed by atoms with E-state index in [1.807, 2.05) is 39.8 Å². The van der Waals surface area contributed by atoms with E-state index in [0.29, 0.717) is 44.1 Å². The predicted molar refractivity (Wildman–Crippen MR) is 151 cm³/mol. The second kappa shape index (κ2) is 9.90. The first kappa shape index (κ1) is 26.1. The zero-order valence-electron chi connectivity index (χ0n) is 23.2. The lowest BCUT2D eigenvalue weighted by atomic mass is 9.69. The lowest BCUT2D eigenvalue weighted by molar-refractivity contribution is -0.991. The van der Waals surface area contributed by atoms with Gasteiger partial charge in [-0.3, -0.25) is 9.59 Å². The number of piperidine rings is 1. The zero-order valence-corrected chi connectivity index (χ0v) is 23.2. The van der Waals surface area contributed by atoms with Crippen LogP contribution in [0.2, 0.25) is 0 Å². The number of methoxy groups -OCH3 is 2. The largest absolute Gasteiger partial charge is 0.595 e. The van der Waals surface area contributed by atoms with Crippen LogP contribution in [0.15, 0.2) is 53.3 Å². The number of fused-ring (bicyclic) bond motifs is 9. The van der Waals surface area contributed by atoms with Crippen molar-refractivity contribution in [3.63, 3.8) is 0 Å². The lowest BCUT2D eigenvalue weighted by Crippen LogP contribution is -2.99. The Bertz CT molecular complexity index is 1590. The van der Waals surface area contributed by atoms with Crippen LogP contribution in [-0.4, -0.2) is 53.9 Å². The summed E-state index contributed by atoms with van der Waals surface area (Å²) in [4.78, 5) is 31.6. The van der Waals surface area contributed by atoms with Crippen LogP contribution in [0.5, 0.6) is 11.5 Å². The molecule has 10 heteroatoms. The Morgan fingerprint density at radius 2 is 1.80 bits per heavy atom. The molecule has 0 spiro atoms. The van der Waals surface area contributed by atoms with E-state index in [1.54, 1.807) is 32.4 Å². The maximum Gasteiger partial charge on any atom is 0.250 e. The van der Waals surface area contributed by atoms with Crippen LogP contribution in [0.3, 0.4) is 0 Å². The monoisotopic (exact) mass is 558 g/mol. The number of hydrogen-bond acceptors (Lipinski definition) is 7. The van der Waals surface area contributed by atoms with Crippen LogP contribution in [0, 0.1) is 17.0 Å². The molecule has 0 aliphatic carbocycles. The van der Waals surface area contributed by atoms with Crippen molar-refractivity contribution in [2.45, 2.75) is 44.3 Å². The molecule has 1 fully saturated rings. The fourth-order valence-corrected chi connectivity index (χ4v) is 7.78. The molecule has 3 aromatic rings. The van der Waals surface area contributed by atoms with E-state index in [-0.39, 0.29) is 40.9 Å². The molecule has 1 saturated heterocycles. The van der Waals surface area contributed by atoms with Crippen molar-refractivity contribution in [2.24, 2.45) is 11.8 Å². The number of quaternary nitrogens is 1. The van der Waals surface area contributed by atoms with Gasteiger partial charge in [0, 0.05) is 67.7 Å². The van der Waals surface area contributed by atoms with E-state index in [9.17, 15) is 20.0 Å². The number of nitrogens with zero attached hydrogens (tertiary/aromatic N) is 3. The molecule has 1 aromatic heterocycles. The second-order valence-corrected chi connectivity index (χ2v) is 11.7. The molecule has 7 rings (SSSR count). The molecule has 214 valence electrons. The van der Waals surface area contributed by atoms with Crippen molar-refractivity contribution >= 4 is 17.3 Å². The number of benzene rings is 2. The van der Waals surface area contributed by atoms with Crippen molar-refractivity contribution in [1.29, 1.82) is 0 Å². The van der Waals surface area contributed by atoms with E-state index < -0.39 is 5.23 Å². The third-order valence-electron chi connectivity index (χ3n) is 9.60. The number of ether oxygens (including phenoxy) is 2. The molecule has 4 aliphatic heterocycles. The molecule has 2 aromatic carbocycles. The summed E-state index contributed by atoms with van der Waals surface area (Å²) in [5, 5.41) is 20.6. The summed E-state index contributed by atoms with van der Waals surface area (Å²) in [6.07, 6.45) is 2.12. The molecule has 10 nitrogen and oxygen atoms in total. The minimum absolute atomic E-state index is 0.00727. The van der Waals surface area contributed by atoms with E-state index in [2.05, 4.69) is 4.90 Å². The second-order valence-electron chi connectivity index (χ2n) is 11.7. The third-order valence-corrected chi connectivity index (χ3v) is 9.60. The van der Waals surface area contributed by atoms with Crippen molar-refractivity contribution in [2.75, 3.05) is 32.2 Å². The number of hydrogen-bond donors (Lipinski definition) is 2. The van der Waals surface area contributed by atoms with Gasteiger partial charge in [0.05, 0.1) is 20.1 Å². The molecule has 5 atom stereocenters. The molecule has 5 unspecified atom stereocenters. The molecule has 0 saturated carbocycles. The molecule has 1 amide bonds. The van der Waals surface area contributed by atoms with Gasteiger partial charge in [0.1, 0.15) is 0 Å². The molecule has 2 bridgehead atoms. The molecular formula is C31H34N4O6. The van der Waals surface area contributed by atoms with Crippen LogP contribution in [0.4, 0.5) is 11.4 Å². The highest BCUT2D eigenvalue weighted by Gasteiger charge is 2.50. The Morgan fingerprint density at radius 3 is 2.56 bits per heavy atom. The minimum atomic E-state index is -0.973. The molecule has 41 heavy (non-hydrogen) atoms. The van der Waals surface area contributed by atoms with Gasteiger partial charge in [-0.2, -0.15) is 5.23 Å². The highest BCUT2D eigenvalue weighted by Crippen LogP contribution is 2.48. The summed E-state index contributed by atoms with van der Waals surface area (Å²) in [6, 6.07) is 14.7. The lowest BCUT2D eigenvalue weighted by Gasteiger charge is -2.54. The quantitative estimate of drug-likeness (QED) is 0.472. The van der Waals surface area contributed by atoms with E-state index in [4.69, 9.17) is 9.47 Å². The van der Waals surface area contributed by atoms with Crippen LogP contribution in [0.1, 0.15) is 34.7 Å². The highest BCUT2D eigenvalue weighted by atomic mass is 16.8. The number of amides is 1. The summed E-state index contributed by atoms with van der Waals surface area (Å²) >= 11 is 0. The van der Waals surface area contributed by atoms with Crippen LogP contribution in [0.25, 0.3) is 0 Å². The highest BCUT2D eigenvalue weighted by molar-refractivity contribution is 5.83. The van der Waals surface area contributed by atoms with E-state index in [0.717, 1.165) is 40.9 Å². The Kier molecular flexibility index (Phi) is 6.29. The Labute approximate surface area is 237 Å². The average molecular weight is 559 g/mol. The first-order chi connectivity index (χ1) is 19.9. The maximum atomic E-state index is 14.5. The number of nitrogens with one attached hydrogen (secondary N) is 1. The van der Waals surface area contributed by atoms with Crippen LogP contribution in [-0.2, 0) is 30.7 Å². The van der Waals surface area contributed by atoms with Gasteiger partial charge in [0.15, 0.2) is 17.2 Å². The Balaban J connectivity index is 1.26. The van der Waals surface area contributed by atoms with Crippen LogP contribution >= 0.6 is 0 Å². The van der Waals surface area contributed by atoms with Crippen molar-refractivity contribution in [3.05, 3.63) is 86.5 Å². The van der Waals surface area contributed by atoms with Gasteiger partial charge in [-0.1, -0.05) is 6.07 Å². The summed E-state index contributed by atoms with van der Waals surface area (Å²) in [7, 11) is 3.23. The van der Waals surface area contributed by atoms with Crippen LogP contribution < -0.4 is 25.2 Å². The fraction of sp³-hybridized carbons (Fsp3) is 0.419. The van der Waals surface area contributed by atoms with Gasteiger partial charge >= 0.3 is 0 Å². The molecule has 0 radical (unpaired) electrons. The smallest absolute Gasteiger partial charge is 0.250 e. The summed E-state index contributed by atoms with van der Waals surface area (Å²) < 4.78 is 12.9. The molecule has 2 N–H and O–H groups in total. The number of anilines is 1. The number of pyridine rings is 1. The number of carbonyl (C=O) groups is 1. The van der Waals surface area contributed by atoms with E-state index >= 15 is 0 Å². The van der Waals surface area contributed by atoms with Gasteiger partial charge < -0.3 is 29.0 Å². The van der Waals surface area contributed by atoms with Gasteiger partial charge in [-0.25, -0.2) is 5.21 Å². The SMILES string of the molecule is COc1cc2c(cc1OC)CN(C(=O)C1Cc3cc([NH+]([O-])O)ccc3N3CC4CC(Cn5c4cccc5=O)C13)CC2. The Morgan fingerprint density at radius 1 is 1.02 bits per heavy atom. The molecular weight excluding hydrogens is 524 g/mol. The zero-order chi connectivity index (χ0) is 28.4. The van der Waals surface area contributed by atoms with Gasteiger partial charge in [-0.05, 0) is 66.1 Å². The average Bonchev–Trinajstić information content (AvgIpc) is 2.99. The molecule has 5 heterocycles. The van der Waals surface area contributed by atoms with Crippen molar-refractivity contribution in [1.82, 2.24) is 9.47 Å². The normalized spacial score (nSPS) is 24.9. The summed E-state index contributed by atoms with van der Waals surface area (Å²) in [5.74, 6) is 1.36. The first-order valence-corrected chi connectivity index (χ1v) is 14.2. The first-order valence-electron chi connectivity index (χ1n) is 14.2. The molecule has 4 aliphatic rings. The number of carbonyl (C=O) groups excluding carboxylic acids is 1. The fourth-order valence-electron chi connectivity index (χ4n) is 7.78. The minimum Gasteiger partial charge on any atom is -0.595 e. The predicted octanol–water partition coefficient (Wildman–Crippen LogP) is 2.02. The summed E-state index contributed by atoms with van der Waals surface area (Å²) in [6.45, 7) is 2.35. The van der Waals surface area contributed by atoms with Crippen molar-refractivity contribution in [3.8, 4) is 11.5 Å².